The molecule has 17 rings (SSSR count). The highest BCUT2D eigenvalue weighted by Gasteiger charge is 2.51. The molecule has 0 atom stereocenters. The van der Waals surface area contributed by atoms with E-state index in [1.165, 1.54) is 63.9 Å². The molecule has 0 unspecified atom stereocenters. The van der Waals surface area contributed by atoms with Crippen molar-refractivity contribution < 1.29 is 18.1 Å². The molecule has 0 saturated carbocycles. The van der Waals surface area contributed by atoms with Crippen molar-refractivity contribution in [1.29, 1.82) is 0 Å². The summed E-state index contributed by atoms with van der Waals surface area (Å²) in [6, 6.07) is 94.3. The fourth-order valence-electron chi connectivity index (χ4n) is 12.4. The number of hydrogen-bond donors (Lipinski definition) is 0. The molecule has 0 radical (unpaired) electrons. The summed E-state index contributed by atoms with van der Waals surface area (Å²) in [7, 11) is -0.398. The second-order valence-corrected chi connectivity index (χ2v) is 26.5. The molecule has 16 aromatic rings. The summed E-state index contributed by atoms with van der Waals surface area (Å²) in [6.07, 6.45) is 0. The number of furan rings is 2. The molecule has 0 amide bonds. The molecule has 88 heavy (non-hydrogen) atoms. The fourth-order valence-corrected chi connectivity index (χ4v) is 14.2. The van der Waals surface area contributed by atoms with Gasteiger partial charge in [0.2, 0.25) is 0 Å². The van der Waals surface area contributed by atoms with Gasteiger partial charge >= 0.3 is 7.12 Å². The van der Waals surface area contributed by atoms with Crippen LogP contribution in [0.1, 0.15) is 27.7 Å². The van der Waals surface area contributed by atoms with E-state index in [4.69, 9.17) is 18.1 Å². The molecule has 4 aromatic heterocycles. The summed E-state index contributed by atoms with van der Waals surface area (Å²) in [5.74, 6) is 0. The van der Waals surface area contributed by atoms with Gasteiger partial charge in [-0.1, -0.05) is 190 Å². The van der Waals surface area contributed by atoms with E-state index in [0.29, 0.717) is 0 Å². The average molecular weight is 1380 g/mol. The number of aromatic nitrogens is 2. The van der Waals surface area contributed by atoms with Gasteiger partial charge in [-0.15, -0.1) is 0 Å². The maximum absolute atomic E-state index is 6.35. The van der Waals surface area contributed by atoms with E-state index in [1.807, 2.05) is 36.4 Å². The van der Waals surface area contributed by atoms with Gasteiger partial charge in [0, 0.05) is 79.1 Å². The van der Waals surface area contributed by atoms with Gasteiger partial charge in [-0.25, -0.2) is 0 Å². The third kappa shape index (κ3) is 10.2. The van der Waals surface area contributed by atoms with Crippen LogP contribution < -0.4 is 5.46 Å². The minimum atomic E-state index is -0.398. The number of rotatable bonds is 6. The van der Waals surface area contributed by atoms with Crippen molar-refractivity contribution in [2.45, 2.75) is 38.9 Å². The van der Waals surface area contributed by atoms with Crippen molar-refractivity contribution in [2.24, 2.45) is 0 Å². The van der Waals surface area contributed by atoms with Gasteiger partial charge in [0.25, 0.3) is 0 Å². The van der Waals surface area contributed by atoms with E-state index >= 15 is 0 Å². The zero-order valence-corrected chi connectivity index (χ0v) is 54.0. The normalized spacial score (nSPS) is 13.7. The molecular formula is C78H56BBr2IN2O4. The highest BCUT2D eigenvalue weighted by molar-refractivity contribution is 14.1. The zero-order valence-electron chi connectivity index (χ0n) is 48.6. The molecular weight excluding hydrogens is 1330 g/mol. The van der Waals surface area contributed by atoms with Crippen LogP contribution in [0.15, 0.2) is 285 Å². The molecule has 1 aliphatic heterocycles. The van der Waals surface area contributed by atoms with Crippen LogP contribution in [0.5, 0.6) is 0 Å². The standard InChI is InChI=1S/C36H30BNO3.C36H22BrNO.C6H4BrI/c1-35(2)36(3,4)41-37(40-35)25-11-9-10-23(20-25)24-16-18-28-27-12-5-7-14-31(27)38(32(28)21-24)26-17-19-30-29-13-6-8-15-33(29)39-34(30)22-26;37-27-10-6-9-25(20-27)23-7-5-8-24(19-23)26-15-17-30-29-11-1-3-13-33(29)38(34(30)21-26)28-16-18-32-31-12-2-4-14-35(31)39-36(32)22-28;7-5-2-1-3-6(8)4-5/h5-22H,1-4H3;1-22H;1-4H. The van der Waals surface area contributed by atoms with Gasteiger partial charge in [-0.3, -0.25) is 0 Å². The lowest BCUT2D eigenvalue weighted by molar-refractivity contribution is 0.00578. The first kappa shape index (κ1) is 56.1. The lowest BCUT2D eigenvalue weighted by atomic mass is 9.78. The fraction of sp³-hybridized carbons (Fsp3) is 0.0769. The molecule has 0 aliphatic carbocycles. The van der Waals surface area contributed by atoms with E-state index in [0.717, 1.165) is 86.3 Å². The Labute approximate surface area is 540 Å². The van der Waals surface area contributed by atoms with Gasteiger partial charge in [0.15, 0.2) is 0 Å². The minimum absolute atomic E-state index is 0.380. The second-order valence-electron chi connectivity index (χ2n) is 23.5. The Balaban J connectivity index is 0.000000131. The number of fused-ring (bicyclic) bond motifs is 12. The maximum Gasteiger partial charge on any atom is 0.494 e. The molecule has 6 nitrogen and oxygen atoms in total. The van der Waals surface area contributed by atoms with E-state index in [9.17, 15) is 0 Å². The number of nitrogens with zero attached hydrogens (tertiary/aromatic N) is 2. The molecule has 1 saturated heterocycles. The molecule has 12 aromatic carbocycles. The molecule has 1 fully saturated rings. The Bertz CT molecular complexity index is 5350. The number of benzene rings is 12. The van der Waals surface area contributed by atoms with Crippen LogP contribution >= 0.6 is 54.5 Å². The lowest BCUT2D eigenvalue weighted by Gasteiger charge is -2.32. The second kappa shape index (κ2) is 22.6. The molecule has 0 N–H and O–H groups in total. The van der Waals surface area contributed by atoms with Gasteiger partial charge in [0.1, 0.15) is 22.3 Å². The van der Waals surface area contributed by atoms with E-state index in [-0.39, 0.29) is 11.2 Å². The third-order valence-corrected chi connectivity index (χ3v) is 19.1. The predicted octanol–water partition coefficient (Wildman–Crippen LogP) is 22.5. The van der Waals surface area contributed by atoms with Crippen molar-refractivity contribution in [3.05, 3.63) is 279 Å². The summed E-state index contributed by atoms with van der Waals surface area (Å²) in [5.41, 5.74) is 17.8. The topological polar surface area (TPSA) is 54.6 Å². The Hall–Kier alpha value is -8.49. The van der Waals surface area contributed by atoms with E-state index < -0.39 is 7.12 Å². The highest BCUT2D eigenvalue weighted by Crippen LogP contribution is 2.41. The van der Waals surface area contributed by atoms with Crippen LogP contribution in [-0.2, 0) is 9.31 Å². The smallest absolute Gasteiger partial charge is 0.456 e. The first-order valence-electron chi connectivity index (χ1n) is 29.4. The van der Waals surface area contributed by atoms with E-state index in [2.05, 4.69) is 322 Å². The van der Waals surface area contributed by atoms with Crippen molar-refractivity contribution in [3.8, 4) is 44.8 Å². The van der Waals surface area contributed by atoms with Crippen LogP contribution in [0.25, 0.3) is 132 Å². The Kier molecular flexibility index (Phi) is 14.4. The number of hydrogen-bond acceptors (Lipinski definition) is 4. The monoisotopic (exact) mass is 1380 g/mol. The van der Waals surface area contributed by atoms with Crippen molar-refractivity contribution in [1.82, 2.24) is 9.13 Å². The predicted molar refractivity (Wildman–Crippen MR) is 383 cm³/mol. The Morgan fingerprint density at radius 3 is 1.19 bits per heavy atom. The first-order chi connectivity index (χ1) is 42.8. The van der Waals surface area contributed by atoms with Crippen LogP contribution in [0.4, 0.5) is 0 Å². The summed E-state index contributed by atoms with van der Waals surface area (Å²) in [5, 5.41) is 9.48. The van der Waals surface area contributed by atoms with Gasteiger partial charge < -0.3 is 27.3 Å². The summed E-state index contributed by atoms with van der Waals surface area (Å²) in [4.78, 5) is 0. The largest absolute Gasteiger partial charge is 0.494 e. The molecule has 10 heteroatoms. The van der Waals surface area contributed by atoms with Crippen LogP contribution in [0.2, 0.25) is 0 Å². The Morgan fingerprint density at radius 2 is 0.705 bits per heavy atom. The third-order valence-electron chi connectivity index (χ3n) is 17.5. The molecule has 1 aliphatic rings. The van der Waals surface area contributed by atoms with Crippen LogP contribution in [0, 0.1) is 3.57 Å². The molecule has 0 bridgehead atoms. The van der Waals surface area contributed by atoms with E-state index in [1.54, 1.807) is 0 Å². The van der Waals surface area contributed by atoms with Crippen molar-refractivity contribution in [3.63, 3.8) is 0 Å². The maximum atomic E-state index is 6.35. The minimum Gasteiger partial charge on any atom is -0.456 e. The van der Waals surface area contributed by atoms with Crippen LogP contribution in [0.3, 0.4) is 0 Å². The summed E-state index contributed by atoms with van der Waals surface area (Å²) in [6.45, 7) is 8.36. The van der Waals surface area contributed by atoms with Gasteiger partial charge in [0.05, 0.1) is 33.3 Å². The lowest BCUT2D eigenvalue weighted by Crippen LogP contribution is -2.41. The summed E-state index contributed by atoms with van der Waals surface area (Å²) < 4.78 is 33.4. The number of halogens is 3. The summed E-state index contributed by atoms with van der Waals surface area (Å²) >= 11 is 9.24. The van der Waals surface area contributed by atoms with Crippen LogP contribution in [-0.4, -0.2) is 27.5 Å². The quantitative estimate of drug-likeness (QED) is 0.123. The average Bonchev–Trinajstić information content (AvgIpc) is 1.69. The molecule has 0 spiro atoms. The highest BCUT2D eigenvalue weighted by atomic mass is 127. The van der Waals surface area contributed by atoms with Crippen molar-refractivity contribution >= 4 is 155 Å². The SMILES string of the molecule is Brc1cccc(-c2cccc(-c3ccc4c5ccccc5n(-c5ccc6c(c5)oc5ccccc56)c4c3)c2)c1.Brc1cccc(I)c1.CC1(C)OB(c2cccc(-c3ccc4c5ccccc5n(-c5ccc6c(c5)oc5ccccc56)c4c3)c2)OC1(C)C. The Morgan fingerprint density at radius 1 is 0.318 bits per heavy atom. The van der Waals surface area contributed by atoms with Gasteiger partial charge in [-0.2, -0.15) is 0 Å². The first-order valence-corrected chi connectivity index (χ1v) is 32.1. The van der Waals surface area contributed by atoms with Crippen molar-refractivity contribution in [2.75, 3.05) is 0 Å². The molecule has 426 valence electrons. The van der Waals surface area contributed by atoms with Gasteiger partial charge in [-0.05, 0) is 186 Å². The number of para-hydroxylation sites is 4. The molecule has 5 heterocycles. The zero-order chi connectivity index (χ0) is 59.8.